The molecule has 0 radical (unpaired) electrons. The van der Waals surface area contributed by atoms with Crippen LogP contribution < -0.4 is 4.74 Å². The summed E-state index contributed by atoms with van der Waals surface area (Å²) in [4.78, 5) is 13.4. The maximum Gasteiger partial charge on any atom is 0.159 e. The van der Waals surface area contributed by atoms with Gasteiger partial charge in [0.05, 0.1) is 19.4 Å². The molecule has 6 nitrogen and oxygen atoms in total. The number of hydrogen-bond donors (Lipinski definition) is 1. The zero-order valence-corrected chi connectivity index (χ0v) is 16.1. The van der Waals surface area contributed by atoms with Crippen LogP contribution in [0.3, 0.4) is 0 Å². The fourth-order valence-corrected chi connectivity index (χ4v) is 2.93. The van der Waals surface area contributed by atoms with E-state index in [1.807, 2.05) is 36.1 Å². The van der Waals surface area contributed by atoms with Crippen molar-refractivity contribution < 1.29 is 23.5 Å². The zero-order valence-electron chi connectivity index (χ0n) is 16.1. The average Bonchev–Trinajstić information content (AvgIpc) is 3.32. The van der Waals surface area contributed by atoms with Crippen molar-refractivity contribution in [1.82, 2.24) is 4.90 Å². The molecule has 3 rings (SSSR count). The van der Waals surface area contributed by atoms with Crippen LogP contribution in [0, 0.1) is 6.92 Å². The first kappa shape index (κ1) is 19.9. The molecule has 1 unspecified atom stereocenters. The maximum atomic E-state index is 11.3. The highest BCUT2D eigenvalue weighted by molar-refractivity contribution is 5.94. The number of ketones is 1. The molecular weight excluding hydrogens is 358 g/mol. The van der Waals surface area contributed by atoms with Crippen LogP contribution in [0.2, 0.25) is 0 Å². The van der Waals surface area contributed by atoms with E-state index in [4.69, 9.17) is 13.6 Å². The summed E-state index contributed by atoms with van der Waals surface area (Å²) >= 11 is 0. The van der Waals surface area contributed by atoms with Crippen molar-refractivity contribution in [2.24, 2.45) is 0 Å². The topological polar surface area (TPSA) is 76.1 Å². The molecule has 0 fully saturated rings. The van der Waals surface area contributed by atoms with Crippen molar-refractivity contribution in [3.8, 4) is 5.75 Å². The van der Waals surface area contributed by atoms with Gasteiger partial charge in [-0.3, -0.25) is 9.69 Å². The summed E-state index contributed by atoms with van der Waals surface area (Å²) in [5.41, 5.74) is 0.631. The Morgan fingerprint density at radius 1 is 1.11 bits per heavy atom. The van der Waals surface area contributed by atoms with E-state index >= 15 is 0 Å². The number of furan rings is 2. The number of carbonyl (C=O) groups excluding carboxylic acids is 1. The number of hydrogen-bond acceptors (Lipinski definition) is 6. The fraction of sp³-hybridized carbons (Fsp3) is 0.318. The first-order valence-corrected chi connectivity index (χ1v) is 9.21. The highest BCUT2D eigenvalue weighted by Gasteiger charge is 2.16. The SMILES string of the molecule is CC(=O)c1ccc(OCC(O)CN(Cc2ccco2)Cc2ccc(C)o2)cc1. The summed E-state index contributed by atoms with van der Waals surface area (Å²) in [5.74, 6) is 3.12. The molecule has 0 aliphatic rings. The van der Waals surface area contributed by atoms with Gasteiger partial charge in [0.1, 0.15) is 35.7 Å². The standard InChI is InChI=1S/C22H25NO5/c1-16-5-8-22(28-16)14-23(13-21-4-3-11-26-21)12-19(25)15-27-20-9-6-18(7-10-20)17(2)24/h3-11,19,25H,12-15H2,1-2H3. The summed E-state index contributed by atoms with van der Waals surface area (Å²) < 4.78 is 16.8. The zero-order chi connectivity index (χ0) is 19.9. The molecule has 3 aromatic rings. The molecule has 0 saturated heterocycles. The van der Waals surface area contributed by atoms with Crippen LogP contribution in [0.1, 0.15) is 34.6 Å². The molecule has 0 saturated carbocycles. The van der Waals surface area contributed by atoms with Gasteiger partial charge in [0.2, 0.25) is 0 Å². The molecule has 1 atom stereocenters. The van der Waals surface area contributed by atoms with Gasteiger partial charge in [0.25, 0.3) is 0 Å². The van der Waals surface area contributed by atoms with Gasteiger partial charge in [0, 0.05) is 12.1 Å². The molecule has 2 aromatic heterocycles. The molecule has 0 bridgehead atoms. The monoisotopic (exact) mass is 383 g/mol. The van der Waals surface area contributed by atoms with Gasteiger partial charge in [-0.25, -0.2) is 0 Å². The van der Waals surface area contributed by atoms with E-state index in [0.29, 0.717) is 30.9 Å². The second kappa shape index (κ2) is 9.39. The molecule has 6 heteroatoms. The van der Waals surface area contributed by atoms with Crippen molar-refractivity contribution >= 4 is 5.78 Å². The first-order valence-electron chi connectivity index (χ1n) is 9.21. The average molecular weight is 383 g/mol. The van der Waals surface area contributed by atoms with Crippen LogP contribution in [0.25, 0.3) is 0 Å². The van der Waals surface area contributed by atoms with E-state index < -0.39 is 6.10 Å². The molecule has 0 spiro atoms. The Kier molecular flexibility index (Phi) is 6.68. The lowest BCUT2D eigenvalue weighted by Crippen LogP contribution is -2.34. The largest absolute Gasteiger partial charge is 0.491 e. The summed E-state index contributed by atoms with van der Waals surface area (Å²) in [6, 6.07) is 14.5. The third kappa shape index (κ3) is 5.84. The number of benzene rings is 1. The first-order chi connectivity index (χ1) is 13.5. The highest BCUT2D eigenvalue weighted by Crippen LogP contribution is 2.15. The maximum absolute atomic E-state index is 11.3. The van der Waals surface area contributed by atoms with Crippen LogP contribution >= 0.6 is 0 Å². The Bertz CT molecular complexity index is 867. The number of aliphatic hydroxyl groups excluding tert-OH is 1. The van der Waals surface area contributed by atoms with Gasteiger partial charge in [-0.15, -0.1) is 0 Å². The van der Waals surface area contributed by atoms with Gasteiger partial charge in [-0.2, -0.15) is 0 Å². The van der Waals surface area contributed by atoms with E-state index in [-0.39, 0.29) is 12.4 Å². The van der Waals surface area contributed by atoms with Gasteiger partial charge in [0.15, 0.2) is 5.78 Å². The number of rotatable bonds is 10. The Hall–Kier alpha value is -2.83. The predicted octanol–water partition coefficient (Wildman–Crippen LogP) is 3.83. The molecule has 0 aliphatic carbocycles. The minimum Gasteiger partial charge on any atom is -0.491 e. The minimum absolute atomic E-state index is 0.00770. The lowest BCUT2D eigenvalue weighted by molar-refractivity contribution is 0.0579. The van der Waals surface area contributed by atoms with E-state index in [0.717, 1.165) is 17.3 Å². The number of ether oxygens (including phenoxy) is 1. The van der Waals surface area contributed by atoms with Crippen LogP contribution in [0.15, 0.2) is 63.6 Å². The lowest BCUT2D eigenvalue weighted by atomic mass is 10.1. The van der Waals surface area contributed by atoms with Gasteiger partial charge < -0.3 is 18.7 Å². The van der Waals surface area contributed by atoms with Gasteiger partial charge in [-0.1, -0.05) is 0 Å². The van der Waals surface area contributed by atoms with Gasteiger partial charge >= 0.3 is 0 Å². The third-order valence-electron chi connectivity index (χ3n) is 4.31. The number of aryl methyl sites for hydroxylation is 1. The van der Waals surface area contributed by atoms with Crippen molar-refractivity contribution in [2.75, 3.05) is 13.2 Å². The summed E-state index contributed by atoms with van der Waals surface area (Å²) in [5, 5.41) is 10.5. The molecule has 2 heterocycles. The number of Topliss-reactive ketones (excluding diaryl/α,β-unsaturated/α-hetero) is 1. The van der Waals surface area contributed by atoms with Crippen LogP contribution in [-0.2, 0) is 13.1 Å². The Morgan fingerprint density at radius 3 is 2.46 bits per heavy atom. The third-order valence-corrected chi connectivity index (χ3v) is 4.31. The molecule has 0 aliphatic heterocycles. The summed E-state index contributed by atoms with van der Waals surface area (Å²) in [6.07, 6.45) is 0.938. The van der Waals surface area contributed by atoms with E-state index in [1.54, 1.807) is 30.5 Å². The Labute approximate surface area is 164 Å². The fourth-order valence-electron chi connectivity index (χ4n) is 2.93. The number of nitrogens with zero attached hydrogens (tertiary/aromatic N) is 1. The molecule has 148 valence electrons. The van der Waals surface area contributed by atoms with E-state index in [1.165, 1.54) is 6.92 Å². The van der Waals surface area contributed by atoms with Gasteiger partial charge in [-0.05, 0) is 62.4 Å². The normalized spacial score (nSPS) is 12.3. The Morgan fingerprint density at radius 2 is 1.86 bits per heavy atom. The number of carbonyl (C=O) groups is 1. The number of aliphatic hydroxyl groups is 1. The van der Waals surface area contributed by atoms with E-state index in [9.17, 15) is 9.90 Å². The molecule has 1 N–H and O–H groups in total. The second-order valence-electron chi connectivity index (χ2n) is 6.81. The minimum atomic E-state index is -0.696. The molecule has 1 aromatic carbocycles. The highest BCUT2D eigenvalue weighted by atomic mass is 16.5. The molecule has 28 heavy (non-hydrogen) atoms. The van der Waals surface area contributed by atoms with Crippen LogP contribution in [0.4, 0.5) is 0 Å². The summed E-state index contributed by atoms with van der Waals surface area (Å²) in [7, 11) is 0. The quantitative estimate of drug-likeness (QED) is 0.536. The van der Waals surface area contributed by atoms with Crippen molar-refractivity contribution in [3.63, 3.8) is 0 Å². The second-order valence-corrected chi connectivity index (χ2v) is 6.81. The van der Waals surface area contributed by atoms with Crippen molar-refractivity contribution in [3.05, 3.63) is 77.6 Å². The van der Waals surface area contributed by atoms with Crippen molar-refractivity contribution in [1.29, 1.82) is 0 Å². The smallest absolute Gasteiger partial charge is 0.159 e. The van der Waals surface area contributed by atoms with Crippen LogP contribution in [0.5, 0.6) is 5.75 Å². The molecule has 0 amide bonds. The molecular formula is C22H25NO5. The Balaban J connectivity index is 1.56. The lowest BCUT2D eigenvalue weighted by Gasteiger charge is -2.23. The van der Waals surface area contributed by atoms with Crippen LogP contribution in [-0.4, -0.2) is 35.0 Å². The van der Waals surface area contributed by atoms with Crippen molar-refractivity contribution in [2.45, 2.75) is 33.0 Å². The van der Waals surface area contributed by atoms with E-state index in [2.05, 4.69) is 0 Å². The predicted molar refractivity (Wildman–Crippen MR) is 104 cm³/mol. The summed E-state index contributed by atoms with van der Waals surface area (Å²) in [6.45, 7) is 5.07.